The Bertz CT molecular complexity index is 903. The van der Waals surface area contributed by atoms with Crippen LogP contribution < -0.4 is 14.8 Å². The molecule has 0 fully saturated rings. The fourth-order valence-electron chi connectivity index (χ4n) is 2.34. The Morgan fingerprint density at radius 1 is 1.07 bits per heavy atom. The molecule has 1 unspecified atom stereocenters. The monoisotopic (exact) mass is 429 g/mol. The number of amides is 1. The number of hydrogen-bond acceptors (Lipinski definition) is 5. The van der Waals surface area contributed by atoms with Gasteiger partial charge < -0.3 is 19.5 Å². The van der Waals surface area contributed by atoms with Crippen LogP contribution in [0.5, 0.6) is 11.5 Å². The van der Waals surface area contributed by atoms with Crippen molar-refractivity contribution in [3.05, 3.63) is 51.0 Å². The summed E-state index contributed by atoms with van der Waals surface area (Å²) < 4.78 is 16.0. The third-order valence-electron chi connectivity index (χ3n) is 3.67. The highest BCUT2D eigenvalue weighted by molar-refractivity contribution is 6.35. The first kappa shape index (κ1) is 19.6. The van der Waals surface area contributed by atoms with Crippen molar-refractivity contribution >= 4 is 52.4 Å². The van der Waals surface area contributed by atoms with Crippen molar-refractivity contribution in [1.29, 1.82) is 0 Å². The molecule has 1 N–H and O–H groups in total. The molecular weight excluding hydrogens is 417 g/mol. The maximum absolute atomic E-state index is 12.4. The van der Waals surface area contributed by atoms with E-state index in [-0.39, 0.29) is 10.6 Å². The summed E-state index contributed by atoms with van der Waals surface area (Å²) in [5.41, 5.74) is 0.462. The van der Waals surface area contributed by atoms with Crippen molar-refractivity contribution in [2.24, 2.45) is 0 Å². The quantitative estimate of drug-likeness (QED) is 0.718. The molecule has 1 atom stereocenters. The SMILES string of the molecule is CC(OC(=O)c1cc(Cl)c2c(c1)OCCO2)C(=O)Nc1cc(Cl)ccc1Cl. The van der Waals surface area contributed by atoms with E-state index in [0.29, 0.717) is 40.4 Å². The van der Waals surface area contributed by atoms with Gasteiger partial charge in [0.05, 0.1) is 21.3 Å². The van der Waals surface area contributed by atoms with E-state index in [2.05, 4.69) is 5.32 Å². The lowest BCUT2D eigenvalue weighted by Gasteiger charge is -2.20. The average Bonchev–Trinajstić information content (AvgIpc) is 2.64. The van der Waals surface area contributed by atoms with Crippen LogP contribution in [0.4, 0.5) is 5.69 Å². The molecule has 0 saturated heterocycles. The molecule has 0 bridgehead atoms. The summed E-state index contributed by atoms with van der Waals surface area (Å²) in [5, 5.41) is 3.51. The fraction of sp³-hybridized carbons (Fsp3) is 0.222. The van der Waals surface area contributed by atoms with E-state index in [0.717, 1.165) is 0 Å². The van der Waals surface area contributed by atoms with Crippen molar-refractivity contribution in [3.63, 3.8) is 0 Å². The summed E-state index contributed by atoms with van der Waals surface area (Å²) in [4.78, 5) is 24.6. The number of halogens is 3. The van der Waals surface area contributed by atoms with Gasteiger partial charge in [-0.25, -0.2) is 4.79 Å². The molecule has 9 heteroatoms. The number of anilines is 1. The first-order valence-electron chi connectivity index (χ1n) is 7.91. The molecule has 0 radical (unpaired) electrons. The van der Waals surface area contributed by atoms with Crippen molar-refractivity contribution in [2.45, 2.75) is 13.0 Å². The Hall–Kier alpha value is -2.15. The van der Waals surface area contributed by atoms with E-state index < -0.39 is 18.0 Å². The topological polar surface area (TPSA) is 73.9 Å². The molecule has 0 aromatic heterocycles. The van der Waals surface area contributed by atoms with Crippen molar-refractivity contribution in [1.82, 2.24) is 0 Å². The molecule has 27 heavy (non-hydrogen) atoms. The van der Waals surface area contributed by atoms with Gasteiger partial charge in [0, 0.05) is 5.02 Å². The van der Waals surface area contributed by atoms with E-state index in [9.17, 15) is 9.59 Å². The lowest BCUT2D eigenvalue weighted by atomic mass is 10.2. The van der Waals surface area contributed by atoms with Gasteiger partial charge in [0.2, 0.25) is 0 Å². The minimum Gasteiger partial charge on any atom is -0.486 e. The summed E-state index contributed by atoms with van der Waals surface area (Å²) in [7, 11) is 0. The summed E-state index contributed by atoms with van der Waals surface area (Å²) in [6.07, 6.45) is -1.08. The van der Waals surface area contributed by atoms with Gasteiger partial charge in [-0.2, -0.15) is 0 Å². The number of esters is 1. The van der Waals surface area contributed by atoms with Crippen LogP contribution in [-0.4, -0.2) is 31.2 Å². The van der Waals surface area contributed by atoms with Gasteiger partial charge in [0.15, 0.2) is 17.6 Å². The zero-order chi connectivity index (χ0) is 19.6. The Balaban J connectivity index is 1.69. The van der Waals surface area contributed by atoms with E-state index in [4.69, 9.17) is 49.0 Å². The van der Waals surface area contributed by atoms with Crippen LogP contribution in [0.3, 0.4) is 0 Å². The molecule has 1 heterocycles. The Morgan fingerprint density at radius 2 is 1.81 bits per heavy atom. The number of carbonyl (C=O) groups is 2. The lowest BCUT2D eigenvalue weighted by Crippen LogP contribution is -2.30. The molecule has 0 aliphatic carbocycles. The largest absolute Gasteiger partial charge is 0.486 e. The molecular formula is C18H14Cl3NO5. The zero-order valence-corrected chi connectivity index (χ0v) is 16.3. The van der Waals surface area contributed by atoms with Crippen molar-refractivity contribution in [2.75, 3.05) is 18.5 Å². The highest BCUT2D eigenvalue weighted by Crippen LogP contribution is 2.38. The van der Waals surface area contributed by atoms with Crippen LogP contribution in [-0.2, 0) is 9.53 Å². The van der Waals surface area contributed by atoms with E-state index in [1.54, 1.807) is 12.1 Å². The van der Waals surface area contributed by atoms with Crippen LogP contribution >= 0.6 is 34.8 Å². The molecule has 1 aliphatic rings. The Morgan fingerprint density at radius 3 is 2.59 bits per heavy atom. The Kier molecular flexibility index (Phi) is 5.99. The number of hydrogen-bond donors (Lipinski definition) is 1. The van der Waals surface area contributed by atoms with E-state index in [1.807, 2.05) is 0 Å². The van der Waals surface area contributed by atoms with Gasteiger partial charge in [0.1, 0.15) is 13.2 Å². The maximum Gasteiger partial charge on any atom is 0.339 e. The standard InChI is InChI=1S/C18H14Cl3NO5/c1-9(17(23)22-14-8-11(19)2-3-12(14)20)27-18(24)10-6-13(21)16-15(7-10)25-4-5-26-16/h2-3,6-9H,4-5H2,1H3,(H,22,23). The van der Waals surface area contributed by atoms with Gasteiger partial charge in [-0.15, -0.1) is 0 Å². The second-order valence-corrected chi connectivity index (χ2v) is 6.89. The average molecular weight is 431 g/mol. The van der Waals surface area contributed by atoms with Gasteiger partial charge in [-0.05, 0) is 37.3 Å². The van der Waals surface area contributed by atoms with Gasteiger partial charge >= 0.3 is 5.97 Å². The van der Waals surface area contributed by atoms with E-state index in [1.165, 1.54) is 25.1 Å². The molecule has 3 rings (SSSR count). The zero-order valence-electron chi connectivity index (χ0n) is 14.1. The molecule has 142 valence electrons. The first-order chi connectivity index (χ1) is 12.8. The highest BCUT2D eigenvalue weighted by atomic mass is 35.5. The van der Waals surface area contributed by atoms with Crippen LogP contribution in [0.15, 0.2) is 30.3 Å². The summed E-state index contributed by atoms with van der Waals surface area (Å²) in [6.45, 7) is 2.16. The van der Waals surface area contributed by atoms with E-state index >= 15 is 0 Å². The molecule has 0 saturated carbocycles. The number of benzene rings is 2. The normalized spacial score (nSPS) is 13.6. The fourth-order valence-corrected chi connectivity index (χ4v) is 2.94. The predicted molar refractivity (Wildman–Crippen MR) is 102 cm³/mol. The third-order valence-corrected chi connectivity index (χ3v) is 4.52. The van der Waals surface area contributed by atoms with Crippen LogP contribution in [0.2, 0.25) is 15.1 Å². The predicted octanol–water partition coefficient (Wildman–Crippen LogP) is 4.60. The van der Waals surface area contributed by atoms with Gasteiger partial charge in [-0.1, -0.05) is 34.8 Å². The van der Waals surface area contributed by atoms with Gasteiger partial charge in [-0.3, -0.25) is 4.79 Å². The van der Waals surface area contributed by atoms with Crippen LogP contribution in [0.1, 0.15) is 17.3 Å². The number of nitrogens with one attached hydrogen (secondary N) is 1. The summed E-state index contributed by atoms with van der Waals surface area (Å²) in [6, 6.07) is 7.50. The molecule has 0 spiro atoms. The van der Waals surface area contributed by atoms with Gasteiger partial charge in [0.25, 0.3) is 5.91 Å². The summed E-state index contributed by atoms with van der Waals surface area (Å²) >= 11 is 18.0. The minimum atomic E-state index is -1.08. The number of ether oxygens (including phenoxy) is 3. The maximum atomic E-state index is 12.4. The smallest absolute Gasteiger partial charge is 0.339 e. The van der Waals surface area contributed by atoms with Crippen LogP contribution in [0.25, 0.3) is 0 Å². The molecule has 6 nitrogen and oxygen atoms in total. The molecule has 2 aromatic rings. The Labute approximate surface area is 170 Å². The highest BCUT2D eigenvalue weighted by Gasteiger charge is 2.23. The van der Waals surface area contributed by atoms with Crippen molar-refractivity contribution in [3.8, 4) is 11.5 Å². The second-order valence-electron chi connectivity index (χ2n) is 5.64. The third kappa shape index (κ3) is 4.58. The molecule has 1 aliphatic heterocycles. The lowest BCUT2D eigenvalue weighted by molar-refractivity contribution is -0.123. The number of fused-ring (bicyclic) bond motifs is 1. The number of carbonyl (C=O) groups excluding carboxylic acids is 2. The van der Waals surface area contributed by atoms with Crippen molar-refractivity contribution < 1.29 is 23.8 Å². The number of rotatable bonds is 4. The minimum absolute atomic E-state index is 0.143. The van der Waals surface area contributed by atoms with Crippen LogP contribution in [0, 0.1) is 0 Å². The second kappa shape index (κ2) is 8.25. The summed E-state index contributed by atoms with van der Waals surface area (Å²) in [5.74, 6) is -0.561. The molecule has 2 aromatic carbocycles. The molecule has 1 amide bonds. The first-order valence-corrected chi connectivity index (χ1v) is 9.04.